The Hall–Kier alpha value is -2.24. The van der Waals surface area contributed by atoms with Crippen LogP contribution in [0.4, 0.5) is 4.79 Å². The topological polar surface area (TPSA) is 75.9 Å². The number of nitrogens with zero attached hydrogens (tertiary/aromatic N) is 2. The molecule has 1 aliphatic rings. The number of piperidine rings is 1. The number of amides is 3. The summed E-state index contributed by atoms with van der Waals surface area (Å²) in [6.07, 6.45) is 3.39. The molecule has 0 aliphatic carbocycles. The molecule has 3 amide bonds. The molecule has 1 aliphatic heterocycles. The van der Waals surface area contributed by atoms with Crippen LogP contribution < -0.4 is 10.5 Å². The van der Waals surface area contributed by atoms with Crippen LogP contribution in [0.25, 0.3) is 0 Å². The van der Waals surface area contributed by atoms with E-state index in [4.69, 9.17) is 10.5 Å². The molecule has 1 fully saturated rings. The first kappa shape index (κ1) is 19.1. The first-order chi connectivity index (χ1) is 12.0. The minimum absolute atomic E-state index is 0.0823. The Labute approximate surface area is 149 Å². The number of hydrogen-bond donors (Lipinski definition) is 1. The number of ether oxygens (including phenoxy) is 1. The number of likely N-dealkylation sites (tertiary alicyclic amines) is 1. The fourth-order valence-electron chi connectivity index (χ4n) is 3.15. The summed E-state index contributed by atoms with van der Waals surface area (Å²) in [5.41, 5.74) is 6.58. The van der Waals surface area contributed by atoms with E-state index in [2.05, 4.69) is 19.1 Å². The lowest BCUT2D eigenvalue weighted by Crippen LogP contribution is -2.47. The summed E-state index contributed by atoms with van der Waals surface area (Å²) >= 11 is 0. The monoisotopic (exact) mass is 347 g/mol. The molecule has 0 aromatic heterocycles. The molecule has 1 aromatic rings. The SMILES string of the molecule is CCc1cccc(OCCCN(C)C(=O)[C@H]2CCCN(C(N)=O)C2)c1. The largest absolute Gasteiger partial charge is 0.494 e. The van der Waals surface area contributed by atoms with E-state index in [1.165, 1.54) is 5.56 Å². The Morgan fingerprint density at radius 3 is 2.92 bits per heavy atom. The third kappa shape index (κ3) is 5.66. The maximum Gasteiger partial charge on any atom is 0.314 e. The van der Waals surface area contributed by atoms with Crippen LogP contribution in [0.5, 0.6) is 5.75 Å². The van der Waals surface area contributed by atoms with Gasteiger partial charge >= 0.3 is 6.03 Å². The molecule has 1 saturated heterocycles. The average molecular weight is 347 g/mol. The summed E-state index contributed by atoms with van der Waals surface area (Å²) in [6.45, 7) is 4.40. The van der Waals surface area contributed by atoms with Gasteiger partial charge in [0, 0.05) is 26.7 Å². The Balaban J connectivity index is 1.73. The van der Waals surface area contributed by atoms with Crippen molar-refractivity contribution in [3.8, 4) is 5.75 Å². The van der Waals surface area contributed by atoms with Crippen molar-refractivity contribution < 1.29 is 14.3 Å². The molecule has 2 N–H and O–H groups in total. The molecule has 1 aromatic carbocycles. The minimum atomic E-state index is -0.442. The number of hydrogen-bond acceptors (Lipinski definition) is 3. The van der Waals surface area contributed by atoms with Crippen LogP contribution >= 0.6 is 0 Å². The smallest absolute Gasteiger partial charge is 0.314 e. The van der Waals surface area contributed by atoms with E-state index in [-0.39, 0.29) is 11.8 Å². The molecule has 1 atom stereocenters. The van der Waals surface area contributed by atoms with Gasteiger partial charge in [-0.05, 0) is 43.4 Å². The van der Waals surface area contributed by atoms with Crippen molar-refractivity contribution in [2.45, 2.75) is 32.6 Å². The molecule has 6 heteroatoms. The van der Waals surface area contributed by atoms with Crippen molar-refractivity contribution in [1.82, 2.24) is 9.80 Å². The number of rotatable bonds is 7. The molecule has 0 saturated carbocycles. The predicted molar refractivity (Wildman–Crippen MR) is 97.4 cm³/mol. The van der Waals surface area contributed by atoms with Crippen molar-refractivity contribution in [2.24, 2.45) is 11.7 Å². The number of carbonyl (C=O) groups excluding carboxylic acids is 2. The molecule has 0 radical (unpaired) electrons. The highest BCUT2D eigenvalue weighted by atomic mass is 16.5. The third-order valence-corrected chi connectivity index (χ3v) is 4.67. The number of urea groups is 1. The first-order valence-corrected chi connectivity index (χ1v) is 9.02. The standard InChI is InChI=1S/C19H29N3O3/c1-3-15-7-4-9-17(13-15)25-12-6-10-21(2)18(23)16-8-5-11-22(14-16)19(20)24/h4,7,9,13,16H,3,5-6,8,10-12,14H2,1-2H3,(H2,20,24)/t16-/m0/s1. The lowest BCUT2D eigenvalue weighted by molar-refractivity contribution is -0.135. The first-order valence-electron chi connectivity index (χ1n) is 9.02. The summed E-state index contributed by atoms with van der Waals surface area (Å²) in [5.74, 6) is 0.810. The van der Waals surface area contributed by atoms with E-state index in [1.54, 1.807) is 9.80 Å². The molecule has 2 rings (SSSR count). The second kappa shape index (κ2) is 9.30. The summed E-state index contributed by atoms with van der Waals surface area (Å²) in [4.78, 5) is 27.1. The maximum atomic E-state index is 12.5. The summed E-state index contributed by atoms with van der Waals surface area (Å²) in [7, 11) is 1.81. The zero-order valence-corrected chi connectivity index (χ0v) is 15.2. The van der Waals surface area contributed by atoms with Crippen LogP contribution in [-0.2, 0) is 11.2 Å². The van der Waals surface area contributed by atoms with Gasteiger partial charge in [-0.2, -0.15) is 0 Å². The van der Waals surface area contributed by atoms with Gasteiger partial charge in [-0.1, -0.05) is 19.1 Å². The van der Waals surface area contributed by atoms with Gasteiger partial charge in [0.05, 0.1) is 12.5 Å². The van der Waals surface area contributed by atoms with Crippen molar-refractivity contribution in [3.05, 3.63) is 29.8 Å². The molecule has 25 heavy (non-hydrogen) atoms. The number of nitrogens with two attached hydrogens (primary N) is 1. The normalized spacial score (nSPS) is 17.2. The van der Waals surface area contributed by atoms with E-state index in [0.717, 1.165) is 31.4 Å². The summed E-state index contributed by atoms with van der Waals surface area (Å²) < 4.78 is 5.77. The molecule has 6 nitrogen and oxygen atoms in total. The fraction of sp³-hybridized carbons (Fsp3) is 0.579. The van der Waals surface area contributed by atoms with Gasteiger partial charge in [0.25, 0.3) is 0 Å². The maximum absolute atomic E-state index is 12.5. The highest BCUT2D eigenvalue weighted by Gasteiger charge is 2.29. The van der Waals surface area contributed by atoms with Crippen LogP contribution in [0.2, 0.25) is 0 Å². The van der Waals surface area contributed by atoms with Gasteiger partial charge in [0.1, 0.15) is 5.75 Å². The third-order valence-electron chi connectivity index (χ3n) is 4.67. The van der Waals surface area contributed by atoms with Crippen LogP contribution in [0, 0.1) is 5.92 Å². The van der Waals surface area contributed by atoms with Crippen LogP contribution in [0.1, 0.15) is 31.7 Å². The van der Waals surface area contributed by atoms with Gasteiger partial charge in [0.15, 0.2) is 0 Å². The second-order valence-corrected chi connectivity index (χ2v) is 6.59. The number of aryl methyl sites for hydroxylation is 1. The molecule has 138 valence electrons. The summed E-state index contributed by atoms with van der Waals surface area (Å²) in [6, 6.07) is 7.64. The summed E-state index contributed by atoms with van der Waals surface area (Å²) in [5, 5.41) is 0. The highest BCUT2D eigenvalue weighted by Crippen LogP contribution is 2.18. The Kier molecular flexibility index (Phi) is 7.10. The van der Waals surface area contributed by atoms with Crippen molar-refractivity contribution in [3.63, 3.8) is 0 Å². The Bertz CT molecular complexity index is 591. The van der Waals surface area contributed by atoms with E-state index in [1.807, 2.05) is 19.2 Å². The zero-order chi connectivity index (χ0) is 18.2. The van der Waals surface area contributed by atoms with Gasteiger partial charge < -0.3 is 20.3 Å². The average Bonchev–Trinajstić information content (AvgIpc) is 2.64. The van der Waals surface area contributed by atoms with Crippen molar-refractivity contribution >= 4 is 11.9 Å². The van der Waals surface area contributed by atoms with Gasteiger partial charge in [-0.25, -0.2) is 4.79 Å². The fourth-order valence-corrected chi connectivity index (χ4v) is 3.15. The van der Waals surface area contributed by atoms with E-state index in [0.29, 0.717) is 26.2 Å². The Morgan fingerprint density at radius 1 is 1.40 bits per heavy atom. The van der Waals surface area contributed by atoms with Gasteiger partial charge in [-0.15, -0.1) is 0 Å². The van der Waals surface area contributed by atoms with Crippen molar-refractivity contribution in [1.29, 1.82) is 0 Å². The molecular weight excluding hydrogens is 318 g/mol. The predicted octanol–water partition coefficient (Wildman–Crippen LogP) is 2.27. The second-order valence-electron chi connectivity index (χ2n) is 6.59. The molecule has 0 bridgehead atoms. The number of benzene rings is 1. The minimum Gasteiger partial charge on any atom is -0.494 e. The van der Waals surface area contributed by atoms with Crippen molar-refractivity contribution in [2.75, 3.05) is 33.3 Å². The molecular formula is C19H29N3O3. The van der Waals surface area contributed by atoms with Gasteiger partial charge in [-0.3, -0.25) is 4.79 Å². The van der Waals surface area contributed by atoms with Crippen LogP contribution in [-0.4, -0.2) is 55.0 Å². The van der Waals surface area contributed by atoms with Crippen LogP contribution in [0.15, 0.2) is 24.3 Å². The van der Waals surface area contributed by atoms with E-state index in [9.17, 15) is 9.59 Å². The number of carbonyl (C=O) groups is 2. The zero-order valence-electron chi connectivity index (χ0n) is 15.2. The molecule has 0 unspecified atom stereocenters. The lowest BCUT2D eigenvalue weighted by atomic mass is 9.97. The van der Waals surface area contributed by atoms with E-state index < -0.39 is 6.03 Å². The number of primary amides is 1. The lowest BCUT2D eigenvalue weighted by Gasteiger charge is -2.33. The van der Waals surface area contributed by atoms with Crippen LogP contribution in [0.3, 0.4) is 0 Å². The quantitative estimate of drug-likeness (QED) is 0.769. The highest BCUT2D eigenvalue weighted by molar-refractivity contribution is 5.80. The van der Waals surface area contributed by atoms with Gasteiger partial charge in [0.2, 0.25) is 5.91 Å². The van der Waals surface area contributed by atoms with E-state index >= 15 is 0 Å². The Morgan fingerprint density at radius 2 is 2.20 bits per heavy atom. The molecule has 0 spiro atoms. The molecule has 1 heterocycles.